The Morgan fingerprint density at radius 3 is 2.30 bits per heavy atom. The van der Waals surface area contributed by atoms with Gasteiger partial charge < -0.3 is 4.74 Å². The predicted molar refractivity (Wildman–Crippen MR) is 26.8 cm³/mol. The van der Waals surface area contributed by atoms with Crippen LogP contribution in [-0.4, -0.2) is 19.6 Å². The van der Waals surface area contributed by atoms with Crippen molar-refractivity contribution >= 4 is 0 Å². The summed E-state index contributed by atoms with van der Waals surface area (Å²) in [6, 6.07) is 0. The highest BCUT2D eigenvalue weighted by atomic mass is 19.4. The van der Waals surface area contributed by atoms with E-state index in [1.54, 1.807) is 6.11 Å². The van der Waals surface area contributed by atoms with E-state index >= 15 is 0 Å². The molecule has 0 aromatic heterocycles. The van der Waals surface area contributed by atoms with E-state index in [4.69, 9.17) is 0 Å². The first-order valence-corrected chi connectivity index (χ1v) is 2.34. The summed E-state index contributed by atoms with van der Waals surface area (Å²) in [7, 11) is 0. The van der Waals surface area contributed by atoms with Crippen LogP contribution in [0.15, 0.2) is 0 Å². The van der Waals surface area contributed by atoms with Crippen molar-refractivity contribution in [2.75, 3.05) is 13.2 Å². The third-order valence-corrected chi connectivity index (χ3v) is 0.534. The van der Waals surface area contributed by atoms with Gasteiger partial charge in [0, 0.05) is 0 Å². The molecule has 0 radical (unpaired) electrons. The maximum atomic E-state index is 11.2. The van der Waals surface area contributed by atoms with Gasteiger partial charge in [0.05, 0.1) is 6.61 Å². The highest BCUT2D eigenvalue weighted by Gasteiger charge is 2.28. The molecule has 0 saturated carbocycles. The van der Waals surface area contributed by atoms with Gasteiger partial charge in [-0.1, -0.05) is 6.42 Å². The van der Waals surface area contributed by atoms with Crippen LogP contribution in [0.4, 0.5) is 13.2 Å². The fourth-order valence-electron chi connectivity index (χ4n) is 0.258. The molecule has 0 bridgehead atoms. The summed E-state index contributed by atoms with van der Waals surface area (Å²) in [4.78, 5) is 0. The molecule has 0 spiro atoms. The third-order valence-electron chi connectivity index (χ3n) is 0.534. The lowest BCUT2D eigenvalue weighted by molar-refractivity contribution is -0.326. The van der Waals surface area contributed by atoms with Crippen molar-refractivity contribution in [3.8, 4) is 12.5 Å². The lowest BCUT2D eigenvalue weighted by atomic mass is 10.8. The van der Waals surface area contributed by atoms with Crippen LogP contribution in [0.5, 0.6) is 0 Å². The van der Waals surface area contributed by atoms with E-state index in [2.05, 4.69) is 15.9 Å². The molecular weight excluding hydrogens is 149 g/mol. The summed E-state index contributed by atoms with van der Waals surface area (Å²) in [5.41, 5.74) is 0. The van der Waals surface area contributed by atoms with Crippen molar-refractivity contribution in [2.45, 2.75) is 6.36 Å². The maximum absolute atomic E-state index is 11.2. The first-order chi connectivity index (χ1) is 4.56. The predicted octanol–water partition coefficient (Wildman–Crippen LogP) is 1.13. The quantitative estimate of drug-likeness (QED) is 0.448. The Morgan fingerprint density at radius 2 is 1.90 bits per heavy atom. The fourth-order valence-corrected chi connectivity index (χ4v) is 0.258. The molecule has 0 amide bonds. The van der Waals surface area contributed by atoms with Crippen molar-refractivity contribution in [2.24, 2.45) is 0 Å². The van der Waals surface area contributed by atoms with Crippen molar-refractivity contribution in [3.63, 3.8) is 0 Å². The average Bonchev–Trinajstić information content (AvgIpc) is 1.78. The Balaban J connectivity index is 3.14. The van der Waals surface area contributed by atoms with Crippen LogP contribution < -0.4 is 0 Å². The molecular formula is C5H5F3O2. The molecule has 2 nitrogen and oxygen atoms in total. The van der Waals surface area contributed by atoms with E-state index in [9.17, 15) is 13.2 Å². The Bertz CT molecular complexity index is 124. The van der Waals surface area contributed by atoms with Gasteiger partial charge in [0.25, 0.3) is 0 Å². The van der Waals surface area contributed by atoms with Gasteiger partial charge in [0.15, 0.2) is 0 Å². The lowest BCUT2D eigenvalue weighted by Crippen LogP contribution is -2.16. The molecule has 0 rings (SSSR count). The number of hydrogen-bond acceptors (Lipinski definition) is 2. The highest BCUT2D eigenvalue weighted by molar-refractivity contribution is 4.67. The van der Waals surface area contributed by atoms with Gasteiger partial charge in [-0.25, -0.2) is 0 Å². The highest BCUT2D eigenvalue weighted by Crippen LogP contribution is 2.15. The first-order valence-electron chi connectivity index (χ1n) is 2.34. The Labute approximate surface area is 55.9 Å². The summed E-state index contributed by atoms with van der Waals surface area (Å²) in [5, 5.41) is 0. The molecule has 0 N–H and O–H groups in total. The molecule has 0 fully saturated rings. The normalized spacial score (nSPS) is 10.6. The molecule has 0 saturated heterocycles. The zero-order chi connectivity index (χ0) is 8.04. The Hall–Kier alpha value is -0.890. The van der Waals surface area contributed by atoms with Gasteiger partial charge in [-0.2, -0.15) is 0 Å². The second kappa shape index (κ2) is 4.01. The summed E-state index contributed by atoms with van der Waals surface area (Å²) < 4.78 is 40.9. The first kappa shape index (κ1) is 9.11. The van der Waals surface area contributed by atoms with Gasteiger partial charge in [-0.15, -0.1) is 13.2 Å². The van der Waals surface area contributed by atoms with E-state index < -0.39 is 13.0 Å². The van der Waals surface area contributed by atoms with Crippen molar-refractivity contribution < 1.29 is 22.6 Å². The minimum Gasteiger partial charge on any atom is -0.444 e. The van der Waals surface area contributed by atoms with Crippen LogP contribution in [0, 0.1) is 12.5 Å². The third kappa shape index (κ3) is 7.11. The average molecular weight is 154 g/mol. The van der Waals surface area contributed by atoms with Gasteiger partial charge in [0.2, 0.25) is 0 Å². The van der Waals surface area contributed by atoms with E-state index in [1.165, 1.54) is 0 Å². The standard InChI is InChI=1S/C5H5F3O2/c1-2-9-3-4-10-5(6,7)8/h1H,3-4H2. The molecule has 0 aromatic carbocycles. The number of rotatable bonds is 3. The van der Waals surface area contributed by atoms with Crippen LogP contribution in [0.3, 0.4) is 0 Å². The minimum absolute atomic E-state index is 0.254. The van der Waals surface area contributed by atoms with Gasteiger partial charge in [0.1, 0.15) is 12.7 Å². The largest absolute Gasteiger partial charge is 0.522 e. The molecule has 10 heavy (non-hydrogen) atoms. The van der Waals surface area contributed by atoms with E-state index in [0.29, 0.717) is 0 Å². The molecule has 58 valence electrons. The van der Waals surface area contributed by atoms with E-state index in [-0.39, 0.29) is 6.61 Å². The number of halogens is 3. The zero-order valence-corrected chi connectivity index (χ0v) is 4.94. The summed E-state index contributed by atoms with van der Waals surface area (Å²) in [6.07, 6.45) is 1.68. The number of hydrogen-bond donors (Lipinski definition) is 0. The van der Waals surface area contributed by atoms with Gasteiger partial charge in [-0.05, 0) is 0 Å². The second-order valence-corrected chi connectivity index (χ2v) is 1.26. The summed E-state index contributed by atoms with van der Waals surface area (Å²) in [6.45, 7) is -0.830. The van der Waals surface area contributed by atoms with Crippen molar-refractivity contribution in [1.82, 2.24) is 0 Å². The van der Waals surface area contributed by atoms with Crippen LogP contribution >= 0.6 is 0 Å². The fraction of sp³-hybridized carbons (Fsp3) is 0.600. The van der Waals surface area contributed by atoms with Crippen LogP contribution in [-0.2, 0) is 9.47 Å². The van der Waals surface area contributed by atoms with Crippen molar-refractivity contribution in [1.29, 1.82) is 0 Å². The van der Waals surface area contributed by atoms with E-state index in [1.807, 2.05) is 0 Å². The molecule has 0 unspecified atom stereocenters. The monoisotopic (exact) mass is 154 g/mol. The second-order valence-electron chi connectivity index (χ2n) is 1.26. The molecule has 0 aliphatic rings. The molecule has 0 atom stereocenters. The number of alkyl halides is 3. The van der Waals surface area contributed by atoms with Crippen LogP contribution in [0.2, 0.25) is 0 Å². The molecule has 0 heterocycles. The van der Waals surface area contributed by atoms with Crippen molar-refractivity contribution in [3.05, 3.63) is 0 Å². The van der Waals surface area contributed by atoms with Crippen LogP contribution in [0.25, 0.3) is 0 Å². The zero-order valence-electron chi connectivity index (χ0n) is 4.94. The molecule has 5 heteroatoms. The van der Waals surface area contributed by atoms with Crippen LogP contribution in [0.1, 0.15) is 0 Å². The summed E-state index contributed by atoms with van der Waals surface area (Å²) in [5.74, 6) is 0. The lowest BCUT2D eigenvalue weighted by Gasteiger charge is -2.04. The number of ether oxygens (including phenoxy) is 2. The Kier molecular flexibility index (Phi) is 3.65. The molecule has 0 aliphatic carbocycles. The van der Waals surface area contributed by atoms with Gasteiger partial charge >= 0.3 is 6.36 Å². The topological polar surface area (TPSA) is 18.5 Å². The molecule has 0 aliphatic heterocycles. The van der Waals surface area contributed by atoms with E-state index in [0.717, 1.165) is 0 Å². The number of terminal acetylenes is 1. The smallest absolute Gasteiger partial charge is 0.444 e. The summed E-state index contributed by atoms with van der Waals surface area (Å²) >= 11 is 0. The Morgan fingerprint density at radius 1 is 1.30 bits per heavy atom. The molecule has 0 aromatic rings. The van der Waals surface area contributed by atoms with Gasteiger partial charge in [-0.3, -0.25) is 4.74 Å². The SMILES string of the molecule is C#COCCOC(F)(F)F. The minimum atomic E-state index is -4.60. The maximum Gasteiger partial charge on any atom is 0.522 e.